The molecule has 0 heterocycles. The number of hydrogen-bond donors (Lipinski definition) is 2. The maximum atomic E-state index is 13.6. The SMILES string of the molecule is CN=C(NCCSCc1ccccc1F)NCc1cc(F)ccc1CS(C)(=O)=O. The molecule has 2 rings (SSSR count). The summed E-state index contributed by atoms with van der Waals surface area (Å²) >= 11 is 1.60. The molecule has 2 aromatic carbocycles. The minimum absolute atomic E-state index is 0.150. The van der Waals surface area contributed by atoms with Crippen molar-refractivity contribution in [2.75, 3.05) is 25.6 Å². The molecule has 0 atom stereocenters. The Bertz CT molecular complexity index is 950. The average Bonchev–Trinajstić information content (AvgIpc) is 2.66. The smallest absolute Gasteiger partial charge is 0.191 e. The van der Waals surface area contributed by atoms with Crippen molar-refractivity contribution in [3.05, 3.63) is 70.8 Å². The number of aliphatic imine (C=N–C) groups is 1. The van der Waals surface area contributed by atoms with Gasteiger partial charge in [0.15, 0.2) is 15.8 Å². The third-order valence-electron chi connectivity index (χ3n) is 4.01. The summed E-state index contributed by atoms with van der Waals surface area (Å²) in [5.41, 5.74) is 1.79. The number of nitrogens with zero attached hydrogens (tertiary/aromatic N) is 1. The number of thioether (sulfide) groups is 1. The molecule has 29 heavy (non-hydrogen) atoms. The minimum Gasteiger partial charge on any atom is -0.356 e. The topological polar surface area (TPSA) is 70.6 Å². The van der Waals surface area contributed by atoms with Crippen LogP contribution in [-0.4, -0.2) is 40.0 Å². The van der Waals surface area contributed by atoms with Gasteiger partial charge in [0.25, 0.3) is 0 Å². The summed E-state index contributed by atoms with van der Waals surface area (Å²) in [6.07, 6.45) is 1.15. The summed E-state index contributed by atoms with van der Waals surface area (Å²) in [7, 11) is -1.61. The summed E-state index contributed by atoms with van der Waals surface area (Å²) in [5.74, 6) is 1.07. The third kappa shape index (κ3) is 8.41. The largest absolute Gasteiger partial charge is 0.356 e. The van der Waals surface area contributed by atoms with Crippen LogP contribution in [0.2, 0.25) is 0 Å². The Morgan fingerprint density at radius 3 is 2.52 bits per heavy atom. The Labute approximate surface area is 174 Å². The van der Waals surface area contributed by atoms with Crippen molar-refractivity contribution in [2.45, 2.75) is 18.1 Å². The van der Waals surface area contributed by atoms with Gasteiger partial charge in [-0.1, -0.05) is 24.3 Å². The number of sulfone groups is 1. The second kappa shape index (κ2) is 11.2. The number of nitrogens with one attached hydrogen (secondary N) is 2. The standard InChI is InChI=1S/C20H25F2N3O2S2/c1-23-20(24-9-10-28-13-15-5-3-4-6-19(15)22)25-12-17-11-18(21)8-7-16(17)14-29(2,26)27/h3-8,11H,9-10,12-14H2,1-2H3,(H2,23,24,25). The Morgan fingerprint density at radius 2 is 1.83 bits per heavy atom. The molecule has 0 spiro atoms. The predicted molar refractivity (Wildman–Crippen MR) is 116 cm³/mol. The zero-order valence-corrected chi connectivity index (χ0v) is 18.0. The number of guanidine groups is 1. The number of hydrogen-bond acceptors (Lipinski definition) is 4. The van der Waals surface area contributed by atoms with Crippen molar-refractivity contribution in [2.24, 2.45) is 4.99 Å². The van der Waals surface area contributed by atoms with Crippen LogP contribution in [0.25, 0.3) is 0 Å². The maximum absolute atomic E-state index is 13.6. The summed E-state index contributed by atoms with van der Waals surface area (Å²) < 4.78 is 50.3. The molecule has 2 aromatic rings. The Morgan fingerprint density at radius 1 is 1.07 bits per heavy atom. The lowest BCUT2D eigenvalue weighted by Gasteiger charge is -2.14. The van der Waals surface area contributed by atoms with E-state index in [2.05, 4.69) is 15.6 Å². The predicted octanol–water partition coefficient (Wildman–Crippen LogP) is 3.11. The molecule has 0 aromatic heterocycles. The molecule has 0 bridgehead atoms. The van der Waals surface area contributed by atoms with E-state index in [1.54, 1.807) is 30.9 Å². The molecule has 5 nitrogen and oxygen atoms in total. The van der Waals surface area contributed by atoms with Crippen molar-refractivity contribution in [1.29, 1.82) is 0 Å². The van der Waals surface area contributed by atoms with Gasteiger partial charge in [-0.05, 0) is 34.9 Å². The third-order valence-corrected chi connectivity index (χ3v) is 5.85. The zero-order valence-electron chi connectivity index (χ0n) is 16.4. The van der Waals surface area contributed by atoms with Gasteiger partial charge in [-0.3, -0.25) is 4.99 Å². The summed E-state index contributed by atoms with van der Waals surface area (Å²) in [6, 6.07) is 10.8. The fraction of sp³-hybridized carbons (Fsp3) is 0.350. The van der Waals surface area contributed by atoms with Crippen molar-refractivity contribution in [3.63, 3.8) is 0 Å². The first-order chi connectivity index (χ1) is 13.8. The highest BCUT2D eigenvalue weighted by molar-refractivity contribution is 7.98. The second-order valence-corrected chi connectivity index (χ2v) is 9.73. The van der Waals surface area contributed by atoms with Gasteiger partial charge < -0.3 is 10.6 Å². The molecule has 0 aliphatic heterocycles. The second-order valence-electron chi connectivity index (χ2n) is 6.48. The van der Waals surface area contributed by atoms with Crippen LogP contribution >= 0.6 is 11.8 Å². The lowest BCUT2D eigenvalue weighted by atomic mass is 10.1. The lowest BCUT2D eigenvalue weighted by molar-refractivity contribution is 0.599. The van der Waals surface area contributed by atoms with E-state index in [1.807, 2.05) is 6.07 Å². The van der Waals surface area contributed by atoms with Crippen LogP contribution in [0, 0.1) is 11.6 Å². The van der Waals surface area contributed by atoms with Crippen LogP contribution in [-0.2, 0) is 27.9 Å². The van der Waals surface area contributed by atoms with Crippen LogP contribution in [0.3, 0.4) is 0 Å². The van der Waals surface area contributed by atoms with E-state index < -0.39 is 15.7 Å². The van der Waals surface area contributed by atoms with E-state index in [-0.39, 0.29) is 18.1 Å². The molecule has 0 saturated heterocycles. The van der Waals surface area contributed by atoms with Crippen molar-refractivity contribution >= 4 is 27.6 Å². The van der Waals surface area contributed by atoms with Gasteiger partial charge in [0.1, 0.15) is 11.6 Å². The molecule has 2 N–H and O–H groups in total. The van der Waals surface area contributed by atoms with E-state index in [1.165, 1.54) is 24.3 Å². The number of rotatable bonds is 9. The highest BCUT2D eigenvalue weighted by atomic mass is 32.2. The molecule has 0 saturated carbocycles. The van der Waals surface area contributed by atoms with Crippen molar-refractivity contribution < 1.29 is 17.2 Å². The van der Waals surface area contributed by atoms with E-state index in [4.69, 9.17) is 0 Å². The molecule has 9 heteroatoms. The number of benzene rings is 2. The first kappa shape index (κ1) is 23.2. The van der Waals surface area contributed by atoms with Gasteiger partial charge >= 0.3 is 0 Å². The Hall–Kier alpha value is -2.13. The monoisotopic (exact) mass is 441 g/mol. The van der Waals surface area contributed by atoms with Gasteiger partial charge in [-0.25, -0.2) is 17.2 Å². The van der Waals surface area contributed by atoms with Crippen LogP contribution in [0.15, 0.2) is 47.5 Å². The zero-order chi connectivity index (χ0) is 21.3. The summed E-state index contributed by atoms with van der Waals surface area (Å²) in [6.45, 7) is 0.850. The van der Waals surface area contributed by atoms with Crippen LogP contribution < -0.4 is 10.6 Å². The van der Waals surface area contributed by atoms with Gasteiger partial charge in [-0.2, -0.15) is 11.8 Å². The fourth-order valence-corrected chi connectivity index (χ4v) is 4.31. The first-order valence-electron chi connectivity index (χ1n) is 8.99. The van der Waals surface area contributed by atoms with Crippen molar-refractivity contribution in [1.82, 2.24) is 10.6 Å². The van der Waals surface area contributed by atoms with Crippen LogP contribution in [0.1, 0.15) is 16.7 Å². The molecule has 0 radical (unpaired) electrons. The average molecular weight is 442 g/mol. The Kier molecular flexibility index (Phi) is 8.91. The van der Waals surface area contributed by atoms with E-state index >= 15 is 0 Å². The van der Waals surface area contributed by atoms with Crippen molar-refractivity contribution in [3.8, 4) is 0 Å². The lowest BCUT2D eigenvalue weighted by Crippen LogP contribution is -2.38. The molecule has 0 aliphatic rings. The molecule has 0 aliphatic carbocycles. The van der Waals surface area contributed by atoms with Gasteiger partial charge in [0, 0.05) is 37.9 Å². The van der Waals surface area contributed by atoms with E-state index in [0.29, 0.717) is 34.9 Å². The summed E-state index contributed by atoms with van der Waals surface area (Å²) in [4.78, 5) is 4.11. The van der Waals surface area contributed by atoms with Gasteiger partial charge in [0.2, 0.25) is 0 Å². The normalized spacial score (nSPS) is 12.1. The quantitative estimate of drug-likeness (QED) is 0.356. The molecule has 0 unspecified atom stereocenters. The Balaban J connectivity index is 1.82. The first-order valence-corrected chi connectivity index (χ1v) is 12.2. The van der Waals surface area contributed by atoms with E-state index in [9.17, 15) is 17.2 Å². The van der Waals surface area contributed by atoms with Gasteiger partial charge in [-0.15, -0.1) is 0 Å². The van der Waals surface area contributed by atoms with Gasteiger partial charge in [0.05, 0.1) is 5.75 Å². The fourth-order valence-electron chi connectivity index (χ4n) is 2.62. The highest BCUT2D eigenvalue weighted by Gasteiger charge is 2.11. The van der Waals surface area contributed by atoms with E-state index in [0.717, 1.165) is 12.0 Å². The molecule has 0 amide bonds. The summed E-state index contributed by atoms with van der Waals surface area (Å²) in [5, 5.41) is 6.20. The maximum Gasteiger partial charge on any atom is 0.191 e. The minimum atomic E-state index is -3.23. The van der Waals surface area contributed by atoms with Crippen LogP contribution in [0.4, 0.5) is 8.78 Å². The molecular formula is C20H25F2N3O2S2. The highest BCUT2D eigenvalue weighted by Crippen LogP contribution is 2.15. The molecule has 0 fully saturated rings. The number of halogens is 2. The molecular weight excluding hydrogens is 416 g/mol. The molecule has 158 valence electrons. The van der Waals surface area contributed by atoms with Crippen LogP contribution in [0.5, 0.6) is 0 Å².